The summed E-state index contributed by atoms with van der Waals surface area (Å²) in [5, 5.41) is 10.5. The number of hydrogen-bond acceptors (Lipinski definition) is 6. The minimum atomic E-state index is -0.482. The van der Waals surface area contributed by atoms with Crippen molar-refractivity contribution in [3.05, 3.63) is 23.8 Å². The Morgan fingerprint density at radius 2 is 1.83 bits per heavy atom. The zero-order valence-corrected chi connectivity index (χ0v) is 14.2. The van der Waals surface area contributed by atoms with E-state index < -0.39 is 6.10 Å². The van der Waals surface area contributed by atoms with Crippen LogP contribution < -0.4 is 9.47 Å². The fourth-order valence-corrected chi connectivity index (χ4v) is 3.02. The predicted molar refractivity (Wildman–Crippen MR) is 84.8 cm³/mol. The maximum absolute atomic E-state index is 10.5. The van der Waals surface area contributed by atoms with Crippen LogP contribution in [0, 0.1) is 0 Å². The first-order valence-electron chi connectivity index (χ1n) is 7.77. The van der Waals surface area contributed by atoms with Gasteiger partial charge in [0.2, 0.25) is 0 Å². The van der Waals surface area contributed by atoms with Gasteiger partial charge < -0.3 is 28.8 Å². The number of hydrogen-bond donors (Lipinski definition) is 1. The van der Waals surface area contributed by atoms with Crippen molar-refractivity contribution in [1.29, 1.82) is 0 Å². The molecule has 1 aromatic carbocycles. The fourth-order valence-electron chi connectivity index (χ4n) is 3.02. The van der Waals surface area contributed by atoms with Gasteiger partial charge in [-0.15, -0.1) is 0 Å². The van der Waals surface area contributed by atoms with E-state index in [9.17, 15) is 5.11 Å². The van der Waals surface area contributed by atoms with E-state index in [0.29, 0.717) is 17.9 Å². The van der Waals surface area contributed by atoms with E-state index in [-0.39, 0.29) is 31.7 Å². The summed E-state index contributed by atoms with van der Waals surface area (Å²) < 4.78 is 26.9. The summed E-state index contributed by atoms with van der Waals surface area (Å²) in [6.07, 6.45) is 0.0541. The molecule has 0 bridgehead atoms. The van der Waals surface area contributed by atoms with Gasteiger partial charge >= 0.3 is 0 Å². The number of aliphatic hydroxyl groups is 1. The van der Waals surface area contributed by atoms with Crippen molar-refractivity contribution in [3.8, 4) is 11.5 Å². The first-order chi connectivity index (χ1) is 11.1. The van der Waals surface area contributed by atoms with Crippen LogP contribution in [0.15, 0.2) is 18.2 Å². The molecule has 1 saturated heterocycles. The summed E-state index contributed by atoms with van der Waals surface area (Å²) in [5.74, 6) is 1.10. The Hall–Kier alpha value is -1.34. The highest BCUT2D eigenvalue weighted by Crippen LogP contribution is 2.39. The second-order valence-corrected chi connectivity index (χ2v) is 5.78. The van der Waals surface area contributed by atoms with Crippen LogP contribution in [0.5, 0.6) is 11.5 Å². The average molecular weight is 326 g/mol. The second kappa shape index (κ2) is 8.49. The van der Waals surface area contributed by atoms with Crippen LogP contribution in [-0.2, 0) is 14.2 Å². The summed E-state index contributed by atoms with van der Waals surface area (Å²) in [6, 6.07) is 5.52. The molecule has 1 N–H and O–H groups in total. The van der Waals surface area contributed by atoms with E-state index in [1.165, 1.54) is 0 Å². The molecular weight excluding hydrogens is 300 g/mol. The Kier molecular flexibility index (Phi) is 6.65. The lowest BCUT2D eigenvalue weighted by molar-refractivity contribution is -0.0967. The molecule has 6 nitrogen and oxygen atoms in total. The number of ether oxygens (including phenoxy) is 5. The van der Waals surface area contributed by atoms with Crippen molar-refractivity contribution in [3.63, 3.8) is 0 Å². The van der Waals surface area contributed by atoms with Crippen molar-refractivity contribution < 1.29 is 28.8 Å². The van der Waals surface area contributed by atoms with Gasteiger partial charge in [0.15, 0.2) is 13.6 Å². The normalized spacial score (nSPS) is 27.7. The van der Waals surface area contributed by atoms with E-state index in [2.05, 4.69) is 0 Å². The van der Waals surface area contributed by atoms with Crippen LogP contribution >= 0.6 is 0 Å². The van der Waals surface area contributed by atoms with Gasteiger partial charge in [0, 0.05) is 31.8 Å². The molecule has 0 spiro atoms. The lowest BCUT2D eigenvalue weighted by atomic mass is 9.83. The van der Waals surface area contributed by atoms with E-state index in [1.54, 1.807) is 20.3 Å². The van der Waals surface area contributed by atoms with Gasteiger partial charge in [-0.2, -0.15) is 0 Å². The minimum absolute atomic E-state index is 0.0453. The van der Waals surface area contributed by atoms with Crippen LogP contribution in [0.2, 0.25) is 0 Å². The second-order valence-electron chi connectivity index (χ2n) is 5.78. The first-order valence-corrected chi connectivity index (χ1v) is 7.77. The van der Waals surface area contributed by atoms with Crippen molar-refractivity contribution in [2.24, 2.45) is 0 Å². The molecule has 23 heavy (non-hydrogen) atoms. The highest BCUT2D eigenvalue weighted by molar-refractivity contribution is 5.44. The standard InChI is InChI=1S/C17H26O6/c1-11-7-15(18)17(12(2)23-11)14-6-5-13(21-9-19-3)8-16(14)22-10-20-4/h5-6,8,11-12,15,17-18H,7,9-10H2,1-4H3. The van der Waals surface area contributed by atoms with E-state index >= 15 is 0 Å². The Morgan fingerprint density at radius 1 is 1.13 bits per heavy atom. The maximum atomic E-state index is 10.5. The largest absolute Gasteiger partial charge is 0.467 e. The number of benzene rings is 1. The van der Waals surface area contributed by atoms with Crippen LogP contribution in [0.1, 0.15) is 31.7 Å². The molecule has 4 atom stereocenters. The summed E-state index contributed by atoms with van der Waals surface area (Å²) >= 11 is 0. The summed E-state index contributed by atoms with van der Waals surface area (Å²) in [7, 11) is 3.13. The van der Waals surface area contributed by atoms with Crippen molar-refractivity contribution in [2.45, 2.75) is 44.5 Å². The Balaban J connectivity index is 2.27. The van der Waals surface area contributed by atoms with Gasteiger partial charge in [-0.25, -0.2) is 0 Å². The number of rotatable bonds is 7. The molecule has 0 saturated carbocycles. The molecule has 2 rings (SSSR count). The number of aliphatic hydroxyl groups excluding tert-OH is 1. The van der Waals surface area contributed by atoms with Gasteiger partial charge in [0.25, 0.3) is 0 Å². The molecule has 0 radical (unpaired) electrons. The van der Waals surface area contributed by atoms with Crippen molar-refractivity contribution >= 4 is 0 Å². The third-order valence-electron chi connectivity index (χ3n) is 3.96. The lowest BCUT2D eigenvalue weighted by Gasteiger charge is -2.38. The van der Waals surface area contributed by atoms with E-state index in [4.69, 9.17) is 23.7 Å². The van der Waals surface area contributed by atoms with E-state index in [0.717, 1.165) is 5.56 Å². The van der Waals surface area contributed by atoms with Crippen LogP contribution in [0.25, 0.3) is 0 Å². The maximum Gasteiger partial charge on any atom is 0.188 e. The molecule has 1 fully saturated rings. The summed E-state index contributed by atoms with van der Waals surface area (Å²) in [6.45, 7) is 4.22. The molecule has 4 unspecified atom stereocenters. The number of methoxy groups -OCH3 is 2. The molecule has 0 amide bonds. The van der Waals surface area contributed by atoms with Gasteiger partial charge in [-0.05, 0) is 26.3 Å². The van der Waals surface area contributed by atoms with Crippen LogP contribution in [-0.4, -0.2) is 51.2 Å². The molecular formula is C17H26O6. The van der Waals surface area contributed by atoms with Gasteiger partial charge in [-0.3, -0.25) is 0 Å². The Bertz CT molecular complexity index is 480. The lowest BCUT2D eigenvalue weighted by Crippen LogP contribution is -2.40. The molecule has 1 aromatic rings. The molecule has 1 aliphatic heterocycles. The predicted octanol–water partition coefficient (Wildman–Crippen LogP) is 2.29. The molecule has 6 heteroatoms. The summed E-state index contributed by atoms with van der Waals surface area (Å²) in [5.41, 5.74) is 0.888. The Morgan fingerprint density at radius 3 is 2.48 bits per heavy atom. The third-order valence-corrected chi connectivity index (χ3v) is 3.96. The molecule has 130 valence electrons. The van der Waals surface area contributed by atoms with Crippen LogP contribution in [0.3, 0.4) is 0 Å². The first kappa shape index (κ1) is 18.0. The molecule has 0 aliphatic carbocycles. The summed E-state index contributed by atoms with van der Waals surface area (Å²) in [4.78, 5) is 0. The smallest absolute Gasteiger partial charge is 0.188 e. The van der Waals surface area contributed by atoms with Crippen molar-refractivity contribution in [1.82, 2.24) is 0 Å². The average Bonchev–Trinajstić information content (AvgIpc) is 2.51. The monoisotopic (exact) mass is 326 g/mol. The Labute approximate surface area is 137 Å². The van der Waals surface area contributed by atoms with Crippen LogP contribution in [0.4, 0.5) is 0 Å². The van der Waals surface area contributed by atoms with Gasteiger partial charge in [0.1, 0.15) is 11.5 Å². The molecule has 1 aliphatic rings. The topological polar surface area (TPSA) is 66.4 Å². The van der Waals surface area contributed by atoms with Crippen molar-refractivity contribution in [2.75, 3.05) is 27.8 Å². The van der Waals surface area contributed by atoms with Gasteiger partial charge in [0.05, 0.1) is 18.3 Å². The van der Waals surface area contributed by atoms with Gasteiger partial charge in [-0.1, -0.05) is 6.07 Å². The van der Waals surface area contributed by atoms with E-state index in [1.807, 2.05) is 26.0 Å². The zero-order valence-electron chi connectivity index (χ0n) is 14.2. The fraction of sp³-hybridized carbons (Fsp3) is 0.647. The minimum Gasteiger partial charge on any atom is -0.467 e. The third kappa shape index (κ3) is 4.57. The SMILES string of the molecule is COCOc1ccc(C2C(O)CC(C)OC2C)c(OCOC)c1. The zero-order chi connectivity index (χ0) is 16.8. The highest BCUT2D eigenvalue weighted by Gasteiger charge is 2.36. The molecule has 0 aromatic heterocycles. The molecule has 1 heterocycles. The highest BCUT2D eigenvalue weighted by atomic mass is 16.7. The quantitative estimate of drug-likeness (QED) is 0.776.